The lowest BCUT2D eigenvalue weighted by atomic mass is 10.2. The van der Waals surface area contributed by atoms with Crippen LogP contribution in [0.3, 0.4) is 0 Å². The number of allylic oxidation sites excluding steroid dienone is 1. The zero-order valence-corrected chi connectivity index (χ0v) is 16.4. The summed E-state index contributed by atoms with van der Waals surface area (Å²) in [5, 5.41) is 17.0. The minimum absolute atomic E-state index is 0.118. The Morgan fingerprint density at radius 3 is 2.84 bits per heavy atom. The lowest BCUT2D eigenvalue weighted by Crippen LogP contribution is -2.18. The molecule has 1 aromatic carbocycles. The Balaban J connectivity index is 2.05. The first-order valence-corrected chi connectivity index (χ1v) is 10.0. The van der Waals surface area contributed by atoms with Crippen molar-refractivity contribution in [3.63, 3.8) is 0 Å². The summed E-state index contributed by atoms with van der Waals surface area (Å²) in [5.41, 5.74) is 3.20. The third kappa shape index (κ3) is 3.36. The number of aliphatic hydroxyl groups is 1. The number of hydrogen-bond acceptors (Lipinski definition) is 6. The maximum atomic E-state index is 13.0. The molecule has 25 heavy (non-hydrogen) atoms. The van der Waals surface area contributed by atoms with Gasteiger partial charge in [0.05, 0.1) is 18.0 Å². The summed E-state index contributed by atoms with van der Waals surface area (Å²) >= 11 is 3.37. The van der Waals surface area contributed by atoms with E-state index in [0.29, 0.717) is 10.2 Å². The smallest absolute Gasteiger partial charge is 0.285 e. The maximum Gasteiger partial charge on any atom is 0.285 e. The van der Waals surface area contributed by atoms with Crippen molar-refractivity contribution in [2.24, 2.45) is 0 Å². The maximum absolute atomic E-state index is 13.0. The van der Waals surface area contributed by atoms with E-state index in [0.717, 1.165) is 34.0 Å². The first kappa shape index (κ1) is 18.1. The van der Waals surface area contributed by atoms with Crippen molar-refractivity contribution < 1.29 is 13.5 Å². The molecule has 2 aromatic rings. The molecule has 1 unspecified atom stereocenters. The highest BCUT2D eigenvalue weighted by Crippen LogP contribution is 2.37. The van der Waals surface area contributed by atoms with E-state index in [1.165, 1.54) is 6.20 Å². The lowest BCUT2D eigenvalue weighted by molar-refractivity contribution is 0.194. The molecule has 1 aliphatic rings. The highest BCUT2D eigenvalue weighted by molar-refractivity contribution is 9.10. The highest BCUT2D eigenvalue weighted by Gasteiger charge is 2.28. The van der Waals surface area contributed by atoms with Crippen LogP contribution in [-0.4, -0.2) is 40.6 Å². The molecule has 0 saturated heterocycles. The number of anilines is 1. The fourth-order valence-electron chi connectivity index (χ4n) is 2.88. The largest absolute Gasteiger partial charge is 0.393 e. The molecule has 0 radical (unpaired) electrons. The third-order valence-electron chi connectivity index (χ3n) is 4.04. The van der Waals surface area contributed by atoms with Gasteiger partial charge < -0.3 is 10.0 Å². The zero-order chi connectivity index (χ0) is 18.4. The van der Waals surface area contributed by atoms with Crippen LogP contribution in [0.5, 0.6) is 0 Å². The molecule has 9 heteroatoms. The quantitative estimate of drug-likeness (QED) is 0.787. The van der Waals surface area contributed by atoms with Gasteiger partial charge in [-0.1, -0.05) is 11.8 Å². The van der Waals surface area contributed by atoms with Crippen LogP contribution in [0.1, 0.15) is 25.1 Å². The van der Waals surface area contributed by atoms with Crippen molar-refractivity contribution in [2.45, 2.75) is 37.7 Å². The molecule has 2 heterocycles. The highest BCUT2D eigenvalue weighted by atomic mass is 79.9. The van der Waals surface area contributed by atoms with E-state index in [9.17, 15) is 13.5 Å². The summed E-state index contributed by atoms with van der Waals surface area (Å²) in [6, 6.07) is 3.48. The number of hydrogen-bond donors (Lipinski definition) is 1. The van der Waals surface area contributed by atoms with Crippen LogP contribution in [0, 0.1) is 0 Å². The number of nitrogens with zero attached hydrogens (tertiary/aromatic N) is 4. The van der Waals surface area contributed by atoms with Crippen LogP contribution in [0.25, 0.3) is 0 Å². The molecule has 3 rings (SSSR count). The van der Waals surface area contributed by atoms with Gasteiger partial charge in [0.1, 0.15) is 4.90 Å². The van der Waals surface area contributed by atoms with E-state index in [2.05, 4.69) is 32.8 Å². The molecule has 0 fully saturated rings. The van der Waals surface area contributed by atoms with Crippen molar-refractivity contribution >= 4 is 31.6 Å². The second-order valence-electron chi connectivity index (χ2n) is 6.19. The average Bonchev–Trinajstić information content (AvgIpc) is 3.12. The van der Waals surface area contributed by atoms with Crippen LogP contribution in [0.15, 0.2) is 40.0 Å². The summed E-state index contributed by atoms with van der Waals surface area (Å²) in [4.78, 5) is 2.12. The minimum Gasteiger partial charge on any atom is -0.393 e. The Morgan fingerprint density at radius 2 is 2.20 bits per heavy atom. The van der Waals surface area contributed by atoms with Gasteiger partial charge >= 0.3 is 0 Å². The predicted molar refractivity (Wildman–Crippen MR) is 98.0 cm³/mol. The summed E-state index contributed by atoms with van der Waals surface area (Å²) < 4.78 is 27.2. The molecular formula is C16H19BrN4O3S. The van der Waals surface area contributed by atoms with Crippen molar-refractivity contribution in [1.82, 2.24) is 14.4 Å². The first-order chi connectivity index (χ1) is 11.7. The fraction of sp³-hybridized carbons (Fsp3) is 0.375. The van der Waals surface area contributed by atoms with E-state index in [1.807, 2.05) is 17.9 Å². The van der Waals surface area contributed by atoms with Crippen molar-refractivity contribution in [2.75, 3.05) is 11.4 Å². The second kappa shape index (κ2) is 6.54. The topological polar surface area (TPSA) is 88.3 Å². The van der Waals surface area contributed by atoms with Gasteiger partial charge in [0.25, 0.3) is 10.0 Å². The molecule has 1 atom stereocenters. The molecule has 0 bridgehead atoms. The Labute approximate surface area is 155 Å². The third-order valence-corrected chi connectivity index (χ3v) is 6.52. The molecule has 1 N–H and O–H groups in total. The summed E-state index contributed by atoms with van der Waals surface area (Å²) in [6.45, 7) is 8.23. The molecule has 0 saturated carbocycles. The minimum atomic E-state index is -3.90. The fourth-order valence-corrected chi connectivity index (χ4v) is 5.04. The lowest BCUT2D eigenvalue weighted by Gasteiger charge is -2.20. The van der Waals surface area contributed by atoms with Gasteiger partial charge in [-0.25, -0.2) is 0 Å². The van der Waals surface area contributed by atoms with Crippen LogP contribution >= 0.6 is 15.9 Å². The Kier molecular flexibility index (Phi) is 4.74. The van der Waals surface area contributed by atoms with E-state index >= 15 is 0 Å². The van der Waals surface area contributed by atoms with Gasteiger partial charge in [0, 0.05) is 28.8 Å². The molecule has 1 aliphatic heterocycles. The zero-order valence-electron chi connectivity index (χ0n) is 14.0. The number of fused-ring (bicyclic) bond motifs is 1. The van der Waals surface area contributed by atoms with Crippen LogP contribution < -0.4 is 4.90 Å². The normalized spacial score (nSPS) is 15.3. The van der Waals surface area contributed by atoms with Gasteiger partial charge in [0.2, 0.25) is 0 Å². The van der Waals surface area contributed by atoms with Gasteiger partial charge in [-0.3, -0.25) is 0 Å². The van der Waals surface area contributed by atoms with E-state index < -0.39 is 16.1 Å². The number of rotatable bonds is 5. The number of benzene rings is 1. The van der Waals surface area contributed by atoms with E-state index in [1.54, 1.807) is 13.0 Å². The summed E-state index contributed by atoms with van der Waals surface area (Å²) in [6.07, 6.45) is 1.79. The van der Waals surface area contributed by atoms with Crippen LogP contribution in [0.2, 0.25) is 0 Å². The van der Waals surface area contributed by atoms with Crippen LogP contribution in [0.4, 0.5) is 5.69 Å². The first-order valence-electron chi connectivity index (χ1n) is 7.80. The summed E-state index contributed by atoms with van der Waals surface area (Å²) in [5.74, 6) is 0. The molecule has 0 amide bonds. The second-order valence-corrected chi connectivity index (χ2v) is 8.81. The molecular weight excluding hydrogens is 408 g/mol. The van der Waals surface area contributed by atoms with Gasteiger partial charge in [0.15, 0.2) is 0 Å². The molecule has 0 aliphatic carbocycles. The number of halogens is 1. The van der Waals surface area contributed by atoms with Gasteiger partial charge in [-0.15, -0.1) is 9.19 Å². The van der Waals surface area contributed by atoms with Crippen molar-refractivity contribution in [3.8, 4) is 0 Å². The summed E-state index contributed by atoms with van der Waals surface area (Å²) in [7, 11) is -3.90. The monoisotopic (exact) mass is 426 g/mol. The molecule has 134 valence electrons. The predicted octanol–water partition coefficient (Wildman–Crippen LogP) is 2.10. The van der Waals surface area contributed by atoms with Crippen molar-refractivity contribution in [1.29, 1.82) is 0 Å². The Bertz CT molecular complexity index is 937. The standard InChI is InChI=1S/C16H19BrN4O3S/c1-10(2)20-5-4-12-7-14(17)16(8-15(12)20)25(23,24)21-9-13(18-19-21)6-11(3)22/h7-9,11,22H,1,4-6H2,2-3H3. The molecule has 0 spiro atoms. The molecule has 1 aromatic heterocycles. The van der Waals surface area contributed by atoms with Crippen LogP contribution in [-0.2, 0) is 22.9 Å². The van der Waals surface area contributed by atoms with Gasteiger partial charge in [-0.2, -0.15) is 8.42 Å². The van der Waals surface area contributed by atoms with Gasteiger partial charge in [-0.05, 0) is 53.9 Å². The average molecular weight is 427 g/mol. The Morgan fingerprint density at radius 1 is 1.48 bits per heavy atom. The number of aliphatic hydroxyl groups excluding tert-OH is 1. The molecule has 7 nitrogen and oxygen atoms in total. The Hall–Kier alpha value is -1.71. The van der Waals surface area contributed by atoms with E-state index in [4.69, 9.17) is 0 Å². The van der Waals surface area contributed by atoms with E-state index in [-0.39, 0.29) is 11.3 Å². The van der Waals surface area contributed by atoms with Crippen molar-refractivity contribution in [3.05, 3.63) is 46.3 Å². The SMILES string of the molecule is C=C(C)N1CCc2cc(Br)c(S(=O)(=O)n3cc(CC(C)O)nn3)cc21. The number of aromatic nitrogens is 3.